The number of carbonyl (C=O) groups is 1. The van der Waals surface area contributed by atoms with Gasteiger partial charge in [-0.2, -0.15) is 4.68 Å². The van der Waals surface area contributed by atoms with Crippen molar-refractivity contribution in [3.63, 3.8) is 0 Å². The Morgan fingerprint density at radius 3 is 2.57 bits per heavy atom. The summed E-state index contributed by atoms with van der Waals surface area (Å²) in [6.45, 7) is 1.81. The van der Waals surface area contributed by atoms with Gasteiger partial charge >= 0.3 is 0 Å². The van der Waals surface area contributed by atoms with E-state index in [1.165, 1.54) is 0 Å². The van der Waals surface area contributed by atoms with E-state index in [1.54, 1.807) is 49.2 Å². The van der Waals surface area contributed by atoms with E-state index in [9.17, 15) is 4.79 Å². The molecule has 0 fully saturated rings. The highest BCUT2D eigenvalue weighted by molar-refractivity contribution is 6.30. The molecule has 154 valence electrons. The van der Waals surface area contributed by atoms with Gasteiger partial charge in [-0.25, -0.2) is 0 Å². The van der Waals surface area contributed by atoms with Gasteiger partial charge in [0.2, 0.25) is 5.95 Å². The summed E-state index contributed by atoms with van der Waals surface area (Å²) in [5, 5.41) is 18.4. The molecule has 0 saturated carbocycles. The van der Waals surface area contributed by atoms with Gasteiger partial charge in [-0.05, 0) is 59.3 Å². The third-order valence-electron chi connectivity index (χ3n) is 4.78. The Kier molecular flexibility index (Phi) is 5.28. The summed E-state index contributed by atoms with van der Waals surface area (Å²) in [6.07, 6.45) is 0. The Morgan fingerprint density at radius 1 is 1.13 bits per heavy atom. The zero-order chi connectivity index (χ0) is 21.3. The summed E-state index contributed by atoms with van der Waals surface area (Å²) in [7, 11) is 3.12. The number of aromatic nitrogens is 4. The van der Waals surface area contributed by atoms with Gasteiger partial charge < -0.3 is 20.1 Å². The monoisotopic (exact) mass is 426 g/mol. The molecule has 3 aromatic rings. The normalized spacial score (nSPS) is 15.3. The number of nitrogens with one attached hydrogen (secondary N) is 2. The van der Waals surface area contributed by atoms with Crippen molar-refractivity contribution in [1.82, 2.24) is 20.2 Å². The van der Waals surface area contributed by atoms with Gasteiger partial charge in [0.15, 0.2) is 11.5 Å². The van der Waals surface area contributed by atoms with E-state index in [-0.39, 0.29) is 5.91 Å². The zero-order valence-corrected chi connectivity index (χ0v) is 17.3. The average Bonchev–Trinajstić information content (AvgIpc) is 3.21. The van der Waals surface area contributed by atoms with Gasteiger partial charge in [0.25, 0.3) is 5.91 Å². The molecule has 2 N–H and O–H groups in total. The number of methoxy groups -OCH3 is 2. The second kappa shape index (κ2) is 8.03. The largest absolute Gasteiger partial charge is 0.493 e. The molecule has 10 heteroatoms. The Morgan fingerprint density at radius 2 is 1.87 bits per heavy atom. The highest BCUT2D eigenvalue weighted by atomic mass is 35.5. The Hall–Kier alpha value is -3.59. The lowest BCUT2D eigenvalue weighted by Crippen LogP contribution is -2.31. The van der Waals surface area contributed by atoms with Crippen molar-refractivity contribution in [3.8, 4) is 11.5 Å². The number of ether oxygens (including phenoxy) is 2. The van der Waals surface area contributed by atoms with Crippen LogP contribution in [0.2, 0.25) is 5.02 Å². The minimum absolute atomic E-state index is 0.289. The first-order chi connectivity index (χ1) is 14.5. The van der Waals surface area contributed by atoms with E-state index in [4.69, 9.17) is 21.1 Å². The SMILES string of the molecule is COc1ccc([C@H]2C(C(=O)Nc3ccc(Cl)cc3)=C(C)Nc3nnnn32)cc1OC. The molecular formula is C20H19ClN6O3. The van der Waals surface area contributed by atoms with Crippen molar-refractivity contribution in [2.75, 3.05) is 24.9 Å². The quantitative estimate of drug-likeness (QED) is 0.645. The number of tetrazole rings is 1. The second-order valence-electron chi connectivity index (χ2n) is 6.59. The molecule has 0 aliphatic carbocycles. The van der Waals surface area contributed by atoms with E-state index in [0.717, 1.165) is 5.56 Å². The minimum Gasteiger partial charge on any atom is -0.493 e. The van der Waals surface area contributed by atoms with Crippen LogP contribution in [0.4, 0.5) is 11.6 Å². The first kappa shape index (κ1) is 19.7. The first-order valence-electron chi connectivity index (χ1n) is 9.06. The van der Waals surface area contributed by atoms with Crippen LogP contribution in [0.3, 0.4) is 0 Å². The second-order valence-corrected chi connectivity index (χ2v) is 7.03. The van der Waals surface area contributed by atoms with E-state index in [1.807, 2.05) is 19.1 Å². The van der Waals surface area contributed by atoms with Gasteiger partial charge in [0.05, 0.1) is 19.8 Å². The molecular weight excluding hydrogens is 408 g/mol. The van der Waals surface area contributed by atoms with Gasteiger partial charge in [0.1, 0.15) is 6.04 Å². The van der Waals surface area contributed by atoms with Crippen molar-refractivity contribution in [3.05, 3.63) is 64.3 Å². The van der Waals surface area contributed by atoms with Crippen LogP contribution < -0.4 is 20.1 Å². The molecule has 1 aliphatic heterocycles. The molecule has 9 nitrogen and oxygen atoms in total. The predicted octanol–water partition coefficient (Wildman–Crippen LogP) is 3.27. The van der Waals surface area contributed by atoms with Gasteiger partial charge in [-0.15, -0.1) is 0 Å². The molecule has 2 heterocycles. The van der Waals surface area contributed by atoms with Crippen molar-refractivity contribution >= 4 is 29.1 Å². The number of halogens is 1. The molecule has 1 amide bonds. The first-order valence-corrected chi connectivity index (χ1v) is 9.44. The van der Waals surface area contributed by atoms with Crippen LogP contribution in [0.1, 0.15) is 18.5 Å². The van der Waals surface area contributed by atoms with Gasteiger partial charge in [-0.3, -0.25) is 4.79 Å². The molecule has 1 aromatic heterocycles. The molecule has 2 aromatic carbocycles. The maximum absolute atomic E-state index is 13.3. The number of anilines is 2. The molecule has 0 radical (unpaired) electrons. The number of benzene rings is 2. The number of carbonyl (C=O) groups excluding carboxylic acids is 1. The fourth-order valence-electron chi connectivity index (χ4n) is 3.37. The van der Waals surface area contributed by atoms with E-state index in [2.05, 4.69) is 26.2 Å². The van der Waals surface area contributed by atoms with Crippen LogP contribution in [0.5, 0.6) is 11.5 Å². The van der Waals surface area contributed by atoms with Crippen LogP contribution in [0.15, 0.2) is 53.7 Å². The van der Waals surface area contributed by atoms with Gasteiger partial charge in [-0.1, -0.05) is 22.8 Å². The fraction of sp³-hybridized carbons (Fsp3) is 0.200. The average molecular weight is 427 g/mol. The van der Waals surface area contributed by atoms with Crippen LogP contribution in [-0.2, 0) is 4.79 Å². The molecule has 0 spiro atoms. The number of amides is 1. The van der Waals surface area contributed by atoms with E-state index >= 15 is 0 Å². The maximum Gasteiger partial charge on any atom is 0.255 e. The Balaban J connectivity index is 1.77. The maximum atomic E-state index is 13.3. The van der Waals surface area contributed by atoms with E-state index in [0.29, 0.717) is 39.4 Å². The third kappa shape index (κ3) is 3.55. The summed E-state index contributed by atoms with van der Waals surface area (Å²) in [5.41, 5.74) is 2.50. The van der Waals surface area contributed by atoms with Crippen molar-refractivity contribution in [1.29, 1.82) is 0 Å². The van der Waals surface area contributed by atoms with Crippen molar-refractivity contribution < 1.29 is 14.3 Å². The lowest BCUT2D eigenvalue weighted by molar-refractivity contribution is -0.113. The Labute approximate surface area is 177 Å². The number of allylic oxidation sites excluding steroid dienone is 1. The molecule has 0 unspecified atom stereocenters. The number of hydrogen-bond acceptors (Lipinski definition) is 7. The summed E-state index contributed by atoms with van der Waals surface area (Å²) < 4.78 is 12.3. The smallest absolute Gasteiger partial charge is 0.255 e. The number of rotatable bonds is 5. The van der Waals surface area contributed by atoms with Gasteiger partial charge in [0, 0.05) is 16.4 Å². The molecule has 30 heavy (non-hydrogen) atoms. The highest BCUT2D eigenvalue weighted by Crippen LogP contribution is 2.38. The standard InChI is InChI=1S/C20H19ClN6O3/c1-11-17(19(28)23-14-7-5-13(21)6-8-14)18(27-20(22-11)24-25-26-27)12-4-9-15(29-2)16(10-12)30-3/h4-10,18H,1-3H3,(H,23,28)(H,22,24,26)/t18-/m0/s1. The third-order valence-corrected chi connectivity index (χ3v) is 5.04. The van der Waals surface area contributed by atoms with Crippen molar-refractivity contribution in [2.24, 2.45) is 0 Å². The molecule has 0 bridgehead atoms. The zero-order valence-electron chi connectivity index (χ0n) is 16.5. The van der Waals surface area contributed by atoms with Crippen LogP contribution in [0.25, 0.3) is 0 Å². The van der Waals surface area contributed by atoms with Crippen molar-refractivity contribution in [2.45, 2.75) is 13.0 Å². The van der Waals surface area contributed by atoms with Crippen LogP contribution in [0, 0.1) is 0 Å². The van der Waals surface area contributed by atoms with E-state index < -0.39 is 6.04 Å². The summed E-state index contributed by atoms with van der Waals surface area (Å²) in [5.74, 6) is 1.27. The summed E-state index contributed by atoms with van der Waals surface area (Å²) >= 11 is 5.94. The molecule has 1 aliphatic rings. The number of hydrogen-bond donors (Lipinski definition) is 2. The van der Waals surface area contributed by atoms with Crippen LogP contribution >= 0.6 is 11.6 Å². The lowest BCUT2D eigenvalue weighted by Gasteiger charge is -2.28. The summed E-state index contributed by atoms with van der Waals surface area (Å²) in [4.78, 5) is 13.3. The number of nitrogens with zero attached hydrogens (tertiary/aromatic N) is 4. The molecule has 4 rings (SSSR count). The predicted molar refractivity (Wildman–Crippen MR) is 112 cm³/mol. The molecule has 1 atom stereocenters. The lowest BCUT2D eigenvalue weighted by atomic mass is 9.94. The highest BCUT2D eigenvalue weighted by Gasteiger charge is 2.34. The molecule has 0 saturated heterocycles. The topological polar surface area (TPSA) is 103 Å². The summed E-state index contributed by atoms with van der Waals surface area (Å²) in [6, 6.07) is 11.8. The minimum atomic E-state index is -0.566. The number of fused-ring (bicyclic) bond motifs is 1. The fourth-order valence-corrected chi connectivity index (χ4v) is 3.50. The van der Waals surface area contributed by atoms with Crippen LogP contribution in [-0.4, -0.2) is 40.3 Å². The Bertz CT molecular complexity index is 1130.